The number of likely N-dealkylation sites (tertiary alicyclic amines) is 1. The third-order valence-corrected chi connectivity index (χ3v) is 2.24. The van der Waals surface area contributed by atoms with Crippen molar-refractivity contribution in [2.75, 3.05) is 13.7 Å². The molecule has 2 nitrogen and oxygen atoms in total. The highest BCUT2D eigenvalue weighted by atomic mass is 16.3. The third kappa shape index (κ3) is 1.16. The standard InChI is InChI=1S/C8H13NO/c1-3-7-4-5-8(6-10)9(7)2/h1,7-8,10H,4-6H2,2H3/t7?,8-/m0/s1. The molecule has 10 heavy (non-hydrogen) atoms. The van der Waals surface area contributed by atoms with Crippen LogP contribution < -0.4 is 0 Å². The molecule has 0 aromatic carbocycles. The normalized spacial score (nSPS) is 34.1. The Kier molecular flexibility index (Phi) is 2.31. The lowest BCUT2D eigenvalue weighted by atomic mass is 10.2. The summed E-state index contributed by atoms with van der Waals surface area (Å²) in [6.07, 6.45) is 7.32. The van der Waals surface area contributed by atoms with Gasteiger partial charge in [-0.25, -0.2) is 0 Å². The van der Waals surface area contributed by atoms with Gasteiger partial charge in [-0.2, -0.15) is 0 Å². The van der Waals surface area contributed by atoms with Crippen LogP contribution in [0.5, 0.6) is 0 Å². The van der Waals surface area contributed by atoms with E-state index in [0.717, 1.165) is 12.8 Å². The first kappa shape index (κ1) is 7.59. The van der Waals surface area contributed by atoms with Crippen molar-refractivity contribution in [1.29, 1.82) is 0 Å². The van der Waals surface area contributed by atoms with Gasteiger partial charge in [-0.3, -0.25) is 4.90 Å². The molecular formula is C8H13NO. The van der Waals surface area contributed by atoms with E-state index in [-0.39, 0.29) is 12.6 Å². The lowest BCUT2D eigenvalue weighted by Gasteiger charge is -2.20. The summed E-state index contributed by atoms with van der Waals surface area (Å²) in [7, 11) is 1.97. The van der Waals surface area contributed by atoms with E-state index in [4.69, 9.17) is 11.5 Å². The van der Waals surface area contributed by atoms with E-state index in [1.54, 1.807) is 0 Å². The van der Waals surface area contributed by atoms with Gasteiger partial charge >= 0.3 is 0 Å². The van der Waals surface area contributed by atoms with Gasteiger partial charge in [0, 0.05) is 6.04 Å². The Labute approximate surface area is 61.8 Å². The number of nitrogens with zero attached hydrogens (tertiary/aromatic N) is 1. The van der Waals surface area contributed by atoms with Gasteiger partial charge < -0.3 is 5.11 Å². The van der Waals surface area contributed by atoms with E-state index in [1.165, 1.54) is 0 Å². The summed E-state index contributed by atoms with van der Waals surface area (Å²) in [4.78, 5) is 2.07. The average Bonchev–Trinajstić information content (AvgIpc) is 2.30. The smallest absolute Gasteiger partial charge is 0.0713 e. The third-order valence-electron chi connectivity index (χ3n) is 2.24. The van der Waals surface area contributed by atoms with Gasteiger partial charge in [0.05, 0.1) is 12.6 Å². The van der Waals surface area contributed by atoms with Crippen LogP contribution in [0, 0.1) is 12.3 Å². The Morgan fingerprint density at radius 3 is 2.70 bits per heavy atom. The zero-order valence-electron chi connectivity index (χ0n) is 6.25. The predicted octanol–water partition coefficient (Wildman–Crippen LogP) is 0.0747. The van der Waals surface area contributed by atoms with Gasteiger partial charge in [0.25, 0.3) is 0 Å². The van der Waals surface area contributed by atoms with E-state index in [2.05, 4.69) is 10.8 Å². The molecule has 0 saturated carbocycles. The van der Waals surface area contributed by atoms with Crippen LogP contribution >= 0.6 is 0 Å². The number of terminal acetylenes is 1. The minimum Gasteiger partial charge on any atom is -0.395 e. The second-order valence-electron chi connectivity index (χ2n) is 2.76. The molecule has 0 bridgehead atoms. The highest BCUT2D eigenvalue weighted by Crippen LogP contribution is 2.20. The van der Waals surface area contributed by atoms with Gasteiger partial charge in [0.2, 0.25) is 0 Å². The maximum atomic E-state index is 8.84. The molecule has 0 aromatic heterocycles. The van der Waals surface area contributed by atoms with E-state index in [0.29, 0.717) is 6.04 Å². The first-order valence-electron chi connectivity index (χ1n) is 3.58. The largest absolute Gasteiger partial charge is 0.395 e. The molecule has 1 N–H and O–H groups in total. The summed E-state index contributed by atoms with van der Waals surface area (Å²) < 4.78 is 0. The van der Waals surface area contributed by atoms with Crippen LogP contribution in [0.1, 0.15) is 12.8 Å². The summed E-state index contributed by atoms with van der Waals surface area (Å²) in [6.45, 7) is 0.231. The first-order valence-corrected chi connectivity index (χ1v) is 3.58. The van der Waals surface area contributed by atoms with E-state index in [9.17, 15) is 0 Å². The maximum Gasteiger partial charge on any atom is 0.0713 e. The van der Waals surface area contributed by atoms with Crippen LogP contribution in [0.25, 0.3) is 0 Å². The molecular weight excluding hydrogens is 126 g/mol. The molecule has 2 heteroatoms. The second-order valence-corrected chi connectivity index (χ2v) is 2.76. The summed E-state index contributed by atoms with van der Waals surface area (Å²) in [5.74, 6) is 2.69. The van der Waals surface area contributed by atoms with Crippen molar-refractivity contribution in [2.45, 2.75) is 24.9 Å². The summed E-state index contributed by atoms with van der Waals surface area (Å²) in [6, 6.07) is 0.540. The van der Waals surface area contributed by atoms with Crippen molar-refractivity contribution in [3.05, 3.63) is 0 Å². The second kappa shape index (κ2) is 3.05. The van der Waals surface area contributed by atoms with Gasteiger partial charge in [-0.15, -0.1) is 6.42 Å². The number of hydrogen-bond acceptors (Lipinski definition) is 2. The molecule has 1 aliphatic rings. The highest BCUT2D eigenvalue weighted by Gasteiger charge is 2.27. The van der Waals surface area contributed by atoms with E-state index < -0.39 is 0 Å². The van der Waals surface area contributed by atoms with Gasteiger partial charge in [-0.05, 0) is 19.9 Å². The maximum absolute atomic E-state index is 8.84. The molecule has 1 aliphatic heterocycles. The molecule has 0 amide bonds. The van der Waals surface area contributed by atoms with Crippen LogP contribution in [0.15, 0.2) is 0 Å². The molecule has 0 aromatic rings. The lowest BCUT2D eigenvalue weighted by Crippen LogP contribution is -2.33. The summed E-state index contributed by atoms with van der Waals surface area (Å²) >= 11 is 0. The van der Waals surface area contributed by atoms with Crippen molar-refractivity contribution in [3.8, 4) is 12.3 Å². The van der Waals surface area contributed by atoms with Crippen molar-refractivity contribution in [3.63, 3.8) is 0 Å². The zero-order valence-corrected chi connectivity index (χ0v) is 6.25. The molecule has 1 heterocycles. The summed E-state index contributed by atoms with van der Waals surface area (Å²) in [5.41, 5.74) is 0. The van der Waals surface area contributed by atoms with E-state index >= 15 is 0 Å². The summed E-state index contributed by atoms with van der Waals surface area (Å²) in [5, 5.41) is 8.84. The Hall–Kier alpha value is -0.520. The minimum atomic E-state index is 0.231. The van der Waals surface area contributed by atoms with Crippen molar-refractivity contribution < 1.29 is 5.11 Å². The van der Waals surface area contributed by atoms with Crippen LogP contribution in [-0.2, 0) is 0 Å². The van der Waals surface area contributed by atoms with Crippen LogP contribution in [-0.4, -0.2) is 35.7 Å². The molecule has 0 aliphatic carbocycles. The van der Waals surface area contributed by atoms with Crippen LogP contribution in [0.4, 0.5) is 0 Å². The quantitative estimate of drug-likeness (QED) is 0.520. The monoisotopic (exact) mass is 139 g/mol. The van der Waals surface area contributed by atoms with Gasteiger partial charge in [-0.1, -0.05) is 5.92 Å². The van der Waals surface area contributed by atoms with Crippen molar-refractivity contribution in [1.82, 2.24) is 4.90 Å². The average molecular weight is 139 g/mol. The Balaban J connectivity index is 2.51. The zero-order chi connectivity index (χ0) is 7.56. The van der Waals surface area contributed by atoms with Crippen LogP contribution in [0.2, 0.25) is 0 Å². The molecule has 0 spiro atoms. The lowest BCUT2D eigenvalue weighted by molar-refractivity contribution is 0.170. The Bertz CT molecular complexity index is 150. The van der Waals surface area contributed by atoms with Crippen molar-refractivity contribution in [2.24, 2.45) is 0 Å². The topological polar surface area (TPSA) is 23.5 Å². The number of hydrogen-bond donors (Lipinski definition) is 1. The molecule has 1 unspecified atom stereocenters. The molecule has 1 fully saturated rings. The highest BCUT2D eigenvalue weighted by molar-refractivity contribution is 5.04. The molecule has 2 atom stereocenters. The number of aliphatic hydroxyl groups excluding tert-OH is 1. The number of aliphatic hydroxyl groups is 1. The fraction of sp³-hybridized carbons (Fsp3) is 0.750. The minimum absolute atomic E-state index is 0.231. The van der Waals surface area contributed by atoms with Crippen LogP contribution in [0.3, 0.4) is 0 Å². The Morgan fingerprint density at radius 2 is 2.40 bits per heavy atom. The number of rotatable bonds is 1. The fourth-order valence-corrected chi connectivity index (χ4v) is 1.43. The van der Waals surface area contributed by atoms with Gasteiger partial charge in [0.1, 0.15) is 0 Å². The molecule has 1 rings (SSSR count). The first-order chi connectivity index (χ1) is 4.79. The molecule has 56 valence electrons. The van der Waals surface area contributed by atoms with Crippen molar-refractivity contribution >= 4 is 0 Å². The Morgan fingerprint density at radius 1 is 1.70 bits per heavy atom. The SMILES string of the molecule is C#CC1CC[C@@H](CO)N1C. The fourth-order valence-electron chi connectivity index (χ4n) is 1.43. The van der Waals surface area contributed by atoms with Gasteiger partial charge in [0.15, 0.2) is 0 Å². The van der Waals surface area contributed by atoms with E-state index in [1.807, 2.05) is 7.05 Å². The predicted molar refractivity (Wildman–Crippen MR) is 40.5 cm³/mol. The molecule has 1 saturated heterocycles. The number of likely N-dealkylation sites (N-methyl/N-ethyl adjacent to an activating group) is 1. The molecule has 0 radical (unpaired) electrons.